The standard InChI is InChI=1S/C14H8F4N2O/c15-10-4-5-13(9(6-10)8-19)20-11-2-1-3-12(7-11)21-14(16,17)18/h1-7,20H. The van der Waals surface area contributed by atoms with Crippen LogP contribution in [-0.4, -0.2) is 6.36 Å². The molecular weight excluding hydrogens is 288 g/mol. The van der Waals surface area contributed by atoms with Crippen LogP contribution in [0, 0.1) is 17.1 Å². The zero-order valence-corrected chi connectivity index (χ0v) is 10.4. The number of nitriles is 1. The molecule has 0 unspecified atom stereocenters. The van der Waals surface area contributed by atoms with Crippen molar-refractivity contribution in [2.45, 2.75) is 6.36 Å². The van der Waals surface area contributed by atoms with Crippen molar-refractivity contribution in [3.05, 3.63) is 53.8 Å². The van der Waals surface area contributed by atoms with Crippen LogP contribution in [0.3, 0.4) is 0 Å². The topological polar surface area (TPSA) is 45.0 Å². The third-order valence-electron chi connectivity index (χ3n) is 2.45. The summed E-state index contributed by atoms with van der Waals surface area (Å²) in [7, 11) is 0. The second-order valence-electron chi connectivity index (χ2n) is 4.00. The molecule has 21 heavy (non-hydrogen) atoms. The van der Waals surface area contributed by atoms with E-state index in [1.165, 1.54) is 18.2 Å². The van der Waals surface area contributed by atoms with Gasteiger partial charge in [0.2, 0.25) is 0 Å². The van der Waals surface area contributed by atoms with Gasteiger partial charge in [0.25, 0.3) is 0 Å². The first kappa shape index (κ1) is 14.7. The van der Waals surface area contributed by atoms with Crippen LogP contribution in [-0.2, 0) is 0 Å². The third kappa shape index (κ3) is 4.11. The summed E-state index contributed by atoms with van der Waals surface area (Å²) < 4.78 is 53.2. The summed E-state index contributed by atoms with van der Waals surface area (Å²) in [5.74, 6) is -0.973. The van der Waals surface area contributed by atoms with Crippen molar-refractivity contribution in [1.82, 2.24) is 0 Å². The van der Waals surface area contributed by atoms with Gasteiger partial charge in [0.05, 0.1) is 11.3 Å². The van der Waals surface area contributed by atoms with E-state index >= 15 is 0 Å². The number of halogens is 4. The Balaban J connectivity index is 2.25. The molecule has 0 saturated carbocycles. The molecule has 0 heterocycles. The molecule has 2 aromatic carbocycles. The van der Waals surface area contributed by atoms with Crippen molar-refractivity contribution in [2.24, 2.45) is 0 Å². The maximum Gasteiger partial charge on any atom is 0.573 e. The van der Waals surface area contributed by atoms with Gasteiger partial charge in [0.1, 0.15) is 17.6 Å². The summed E-state index contributed by atoms with van der Waals surface area (Å²) in [5, 5.41) is 11.6. The number of hydrogen-bond donors (Lipinski definition) is 1. The molecule has 2 aromatic rings. The van der Waals surface area contributed by atoms with Gasteiger partial charge in [-0.1, -0.05) is 6.07 Å². The highest BCUT2D eigenvalue weighted by atomic mass is 19.4. The van der Waals surface area contributed by atoms with Crippen molar-refractivity contribution in [2.75, 3.05) is 5.32 Å². The summed E-state index contributed by atoms with van der Waals surface area (Å²) in [6, 6.07) is 10.4. The molecule has 7 heteroatoms. The van der Waals surface area contributed by atoms with E-state index in [0.29, 0.717) is 0 Å². The minimum Gasteiger partial charge on any atom is -0.406 e. The van der Waals surface area contributed by atoms with Crippen molar-refractivity contribution in [1.29, 1.82) is 5.26 Å². The van der Waals surface area contributed by atoms with Crippen LogP contribution in [0.1, 0.15) is 5.56 Å². The molecule has 0 aliphatic heterocycles. The first-order valence-corrected chi connectivity index (χ1v) is 5.70. The van der Waals surface area contributed by atoms with Gasteiger partial charge in [-0.3, -0.25) is 0 Å². The maximum atomic E-state index is 13.0. The zero-order valence-electron chi connectivity index (χ0n) is 10.4. The van der Waals surface area contributed by atoms with Crippen LogP contribution in [0.15, 0.2) is 42.5 Å². The molecule has 0 amide bonds. The van der Waals surface area contributed by atoms with Gasteiger partial charge in [-0.05, 0) is 30.3 Å². The molecule has 0 atom stereocenters. The molecule has 0 saturated heterocycles. The van der Waals surface area contributed by atoms with E-state index < -0.39 is 17.9 Å². The molecule has 0 bridgehead atoms. The Kier molecular flexibility index (Phi) is 3.98. The highest BCUT2D eigenvalue weighted by Gasteiger charge is 2.31. The predicted molar refractivity (Wildman–Crippen MR) is 67.5 cm³/mol. The molecule has 0 aliphatic rings. The van der Waals surface area contributed by atoms with Gasteiger partial charge in [0, 0.05) is 11.8 Å². The minimum absolute atomic E-state index is 0.0390. The Morgan fingerprint density at radius 2 is 1.86 bits per heavy atom. The van der Waals surface area contributed by atoms with Gasteiger partial charge in [0.15, 0.2) is 0 Å². The molecular formula is C14H8F4N2O. The Morgan fingerprint density at radius 3 is 2.52 bits per heavy atom. The van der Waals surface area contributed by atoms with Crippen molar-refractivity contribution < 1.29 is 22.3 Å². The zero-order chi connectivity index (χ0) is 15.5. The van der Waals surface area contributed by atoms with Crippen LogP contribution in [0.4, 0.5) is 28.9 Å². The minimum atomic E-state index is -4.79. The first-order chi connectivity index (χ1) is 9.87. The molecule has 0 fully saturated rings. The fraction of sp³-hybridized carbons (Fsp3) is 0.0714. The number of nitrogens with zero attached hydrogens (tertiary/aromatic N) is 1. The normalized spacial score (nSPS) is 10.8. The lowest BCUT2D eigenvalue weighted by atomic mass is 10.2. The molecule has 0 spiro atoms. The maximum absolute atomic E-state index is 13.0. The summed E-state index contributed by atoms with van der Waals surface area (Å²) in [6.45, 7) is 0. The van der Waals surface area contributed by atoms with E-state index in [0.717, 1.165) is 24.3 Å². The Morgan fingerprint density at radius 1 is 1.10 bits per heavy atom. The lowest BCUT2D eigenvalue weighted by Crippen LogP contribution is -2.17. The number of rotatable bonds is 3. The molecule has 108 valence electrons. The van der Waals surface area contributed by atoms with Crippen molar-refractivity contribution in [3.8, 4) is 11.8 Å². The van der Waals surface area contributed by atoms with Gasteiger partial charge in [-0.2, -0.15) is 5.26 Å². The quantitative estimate of drug-likeness (QED) is 0.857. The van der Waals surface area contributed by atoms with Gasteiger partial charge < -0.3 is 10.1 Å². The molecule has 3 nitrogen and oxygen atoms in total. The second-order valence-corrected chi connectivity index (χ2v) is 4.00. The summed E-state index contributed by atoms with van der Waals surface area (Å²) in [4.78, 5) is 0. The fourth-order valence-corrected chi connectivity index (χ4v) is 1.64. The number of alkyl halides is 3. The summed E-state index contributed by atoms with van der Waals surface area (Å²) >= 11 is 0. The number of benzene rings is 2. The summed E-state index contributed by atoms with van der Waals surface area (Å²) in [5.41, 5.74) is 0.597. The van der Waals surface area contributed by atoms with Gasteiger partial charge in [-0.15, -0.1) is 13.2 Å². The van der Waals surface area contributed by atoms with E-state index in [4.69, 9.17) is 5.26 Å². The van der Waals surface area contributed by atoms with Crippen LogP contribution < -0.4 is 10.1 Å². The van der Waals surface area contributed by atoms with E-state index in [9.17, 15) is 17.6 Å². The predicted octanol–water partition coefficient (Wildman–Crippen LogP) is 4.34. The first-order valence-electron chi connectivity index (χ1n) is 5.70. The highest BCUT2D eigenvalue weighted by Crippen LogP contribution is 2.27. The van der Waals surface area contributed by atoms with E-state index in [-0.39, 0.29) is 16.9 Å². The molecule has 2 rings (SSSR count). The van der Waals surface area contributed by atoms with Crippen LogP contribution in [0.25, 0.3) is 0 Å². The largest absolute Gasteiger partial charge is 0.573 e. The average molecular weight is 296 g/mol. The fourth-order valence-electron chi connectivity index (χ4n) is 1.64. The van der Waals surface area contributed by atoms with E-state index in [2.05, 4.69) is 10.1 Å². The lowest BCUT2D eigenvalue weighted by molar-refractivity contribution is -0.274. The Labute approximate surface area is 117 Å². The second kappa shape index (κ2) is 5.71. The van der Waals surface area contributed by atoms with Crippen LogP contribution >= 0.6 is 0 Å². The molecule has 0 aromatic heterocycles. The van der Waals surface area contributed by atoms with Crippen molar-refractivity contribution in [3.63, 3.8) is 0 Å². The Bertz CT molecular complexity index is 692. The Hall–Kier alpha value is -2.75. The number of ether oxygens (including phenoxy) is 1. The van der Waals surface area contributed by atoms with E-state index in [1.807, 2.05) is 0 Å². The molecule has 0 radical (unpaired) electrons. The number of anilines is 2. The van der Waals surface area contributed by atoms with Crippen LogP contribution in [0.5, 0.6) is 5.75 Å². The van der Waals surface area contributed by atoms with Crippen LogP contribution in [0.2, 0.25) is 0 Å². The number of nitrogens with one attached hydrogen (secondary N) is 1. The lowest BCUT2D eigenvalue weighted by Gasteiger charge is -2.12. The SMILES string of the molecule is N#Cc1cc(F)ccc1Nc1cccc(OC(F)(F)F)c1. The molecule has 1 N–H and O–H groups in total. The average Bonchev–Trinajstić information content (AvgIpc) is 2.39. The van der Waals surface area contributed by atoms with Gasteiger partial charge in [-0.25, -0.2) is 4.39 Å². The number of hydrogen-bond acceptors (Lipinski definition) is 3. The van der Waals surface area contributed by atoms with Gasteiger partial charge >= 0.3 is 6.36 Å². The smallest absolute Gasteiger partial charge is 0.406 e. The highest BCUT2D eigenvalue weighted by molar-refractivity contribution is 5.67. The monoisotopic (exact) mass is 296 g/mol. The summed E-state index contributed by atoms with van der Waals surface area (Å²) in [6.07, 6.45) is -4.79. The van der Waals surface area contributed by atoms with Crippen molar-refractivity contribution >= 4 is 11.4 Å². The molecule has 0 aliphatic carbocycles. The third-order valence-corrected chi connectivity index (χ3v) is 2.45. The van der Waals surface area contributed by atoms with E-state index in [1.54, 1.807) is 6.07 Å².